The number of carboxylic acid groups (broad SMARTS) is 1. The minimum absolute atomic E-state index is 0.0969. The molecule has 0 radical (unpaired) electrons. The molecule has 2 saturated heterocycles. The first-order chi connectivity index (χ1) is 8.07. The zero-order valence-electron chi connectivity index (χ0n) is 9.26. The maximum atomic E-state index is 12.0. The molecule has 0 unspecified atom stereocenters. The van der Waals surface area contributed by atoms with Crippen molar-refractivity contribution >= 4 is 17.8 Å². The van der Waals surface area contributed by atoms with Gasteiger partial charge in [-0.05, 0) is 13.0 Å². The minimum atomic E-state index is -1.18. The fraction of sp³-hybridized carbons (Fsp3) is 0.700. The molecule has 2 aliphatic rings. The summed E-state index contributed by atoms with van der Waals surface area (Å²) in [6.07, 6.45) is 0.0969. The number of hydrogen-bond acceptors (Lipinski definition) is 5. The van der Waals surface area contributed by atoms with E-state index in [4.69, 9.17) is 10.8 Å². The lowest BCUT2D eigenvalue weighted by atomic mass is 10.00. The Morgan fingerprint density at radius 2 is 1.94 bits per heavy atom. The zero-order chi connectivity index (χ0) is 12.6. The number of fused-ring (bicyclic) bond motifs is 1. The summed E-state index contributed by atoms with van der Waals surface area (Å²) in [6.45, 7) is 1.02. The van der Waals surface area contributed by atoms with Crippen LogP contribution in [0, 0.1) is 11.8 Å². The van der Waals surface area contributed by atoms with Gasteiger partial charge in [0.15, 0.2) is 0 Å². The maximum absolute atomic E-state index is 12.0. The van der Waals surface area contributed by atoms with Gasteiger partial charge in [0.25, 0.3) is 0 Å². The van der Waals surface area contributed by atoms with Gasteiger partial charge in [-0.1, -0.05) is 0 Å². The fourth-order valence-corrected chi connectivity index (χ4v) is 2.49. The highest BCUT2D eigenvalue weighted by atomic mass is 16.4. The number of nitrogens with zero attached hydrogens (tertiary/aromatic N) is 1. The Morgan fingerprint density at radius 3 is 2.35 bits per heavy atom. The maximum Gasteiger partial charge on any atom is 0.326 e. The van der Waals surface area contributed by atoms with Gasteiger partial charge in [0, 0.05) is 13.1 Å². The topological polar surface area (TPSA) is 113 Å². The summed E-state index contributed by atoms with van der Waals surface area (Å²) in [7, 11) is 0. The first kappa shape index (κ1) is 12.0. The molecule has 0 bridgehead atoms. The highest BCUT2D eigenvalue weighted by Gasteiger charge is 2.53. The van der Waals surface area contributed by atoms with Gasteiger partial charge in [-0.2, -0.15) is 0 Å². The summed E-state index contributed by atoms with van der Waals surface area (Å²) in [5, 5.41) is 12.0. The van der Waals surface area contributed by atoms with Crippen molar-refractivity contribution in [2.45, 2.75) is 12.5 Å². The van der Waals surface area contributed by atoms with Crippen LogP contribution in [0.25, 0.3) is 0 Å². The third kappa shape index (κ3) is 1.81. The van der Waals surface area contributed by atoms with Crippen LogP contribution >= 0.6 is 0 Å². The van der Waals surface area contributed by atoms with Crippen LogP contribution in [0.3, 0.4) is 0 Å². The molecule has 2 amide bonds. The second-order valence-electron chi connectivity index (χ2n) is 4.35. The van der Waals surface area contributed by atoms with Crippen molar-refractivity contribution < 1.29 is 19.5 Å². The minimum Gasteiger partial charge on any atom is -0.480 e. The lowest BCUT2D eigenvalue weighted by molar-refractivity contribution is -0.155. The number of likely N-dealkylation sites (tertiary alicyclic amines) is 1. The number of aliphatic carboxylic acids is 1. The Bertz CT molecular complexity index is 349. The van der Waals surface area contributed by atoms with E-state index in [0.717, 1.165) is 4.90 Å². The first-order valence-electron chi connectivity index (χ1n) is 5.58. The van der Waals surface area contributed by atoms with Gasteiger partial charge in [0.1, 0.15) is 6.04 Å². The molecule has 94 valence electrons. The Balaban J connectivity index is 2.23. The summed E-state index contributed by atoms with van der Waals surface area (Å²) in [6, 6.07) is -1.12. The first-order valence-corrected chi connectivity index (χ1v) is 5.58. The third-order valence-electron chi connectivity index (χ3n) is 3.36. The van der Waals surface area contributed by atoms with Crippen molar-refractivity contribution in [1.29, 1.82) is 0 Å². The van der Waals surface area contributed by atoms with Gasteiger partial charge in [0.2, 0.25) is 11.8 Å². The average molecular weight is 241 g/mol. The molecular formula is C10H15N3O4. The number of carboxylic acids is 1. The van der Waals surface area contributed by atoms with E-state index in [-0.39, 0.29) is 24.8 Å². The Labute approximate surface area is 97.9 Å². The normalized spacial score (nSPS) is 29.6. The molecule has 0 spiro atoms. The van der Waals surface area contributed by atoms with Crippen molar-refractivity contribution in [3.8, 4) is 0 Å². The number of rotatable bonds is 4. The number of amides is 2. The van der Waals surface area contributed by atoms with Gasteiger partial charge in [-0.25, -0.2) is 4.79 Å². The molecule has 2 aliphatic heterocycles. The molecule has 3 atom stereocenters. The third-order valence-corrected chi connectivity index (χ3v) is 3.36. The molecule has 4 N–H and O–H groups in total. The van der Waals surface area contributed by atoms with Crippen molar-refractivity contribution in [2.24, 2.45) is 17.6 Å². The summed E-state index contributed by atoms with van der Waals surface area (Å²) in [5.74, 6) is -2.74. The number of carbonyl (C=O) groups excluding carboxylic acids is 2. The second kappa shape index (κ2) is 4.42. The van der Waals surface area contributed by atoms with E-state index in [1.807, 2.05) is 0 Å². The van der Waals surface area contributed by atoms with Crippen molar-refractivity contribution in [3.63, 3.8) is 0 Å². The number of carbonyl (C=O) groups is 3. The second-order valence-corrected chi connectivity index (χ2v) is 4.35. The van der Waals surface area contributed by atoms with Crippen molar-refractivity contribution in [2.75, 3.05) is 19.6 Å². The van der Waals surface area contributed by atoms with E-state index in [1.165, 1.54) is 0 Å². The highest BCUT2D eigenvalue weighted by molar-refractivity contribution is 6.08. The Morgan fingerprint density at radius 1 is 1.41 bits per heavy atom. The smallest absolute Gasteiger partial charge is 0.326 e. The summed E-state index contributed by atoms with van der Waals surface area (Å²) >= 11 is 0. The lowest BCUT2D eigenvalue weighted by Gasteiger charge is -2.23. The largest absolute Gasteiger partial charge is 0.480 e. The molecule has 7 heteroatoms. The van der Waals surface area contributed by atoms with Crippen molar-refractivity contribution in [3.05, 3.63) is 0 Å². The number of hydrogen-bond donors (Lipinski definition) is 3. The molecule has 17 heavy (non-hydrogen) atoms. The van der Waals surface area contributed by atoms with Crippen LogP contribution < -0.4 is 11.1 Å². The lowest BCUT2D eigenvalue weighted by Crippen LogP contribution is -2.47. The zero-order valence-corrected chi connectivity index (χ0v) is 9.26. The van der Waals surface area contributed by atoms with E-state index >= 15 is 0 Å². The number of nitrogens with one attached hydrogen (secondary N) is 1. The predicted molar refractivity (Wildman–Crippen MR) is 56.8 cm³/mol. The van der Waals surface area contributed by atoms with Crippen LogP contribution in [0.2, 0.25) is 0 Å². The fourth-order valence-electron chi connectivity index (χ4n) is 2.49. The van der Waals surface area contributed by atoms with E-state index < -0.39 is 23.8 Å². The monoisotopic (exact) mass is 241 g/mol. The summed E-state index contributed by atoms with van der Waals surface area (Å²) < 4.78 is 0. The summed E-state index contributed by atoms with van der Waals surface area (Å²) in [5.41, 5.74) is 5.32. The van der Waals surface area contributed by atoms with Crippen LogP contribution in [0.5, 0.6) is 0 Å². The van der Waals surface area contributed by atoms with Gasteiger partial charge < -0.3 is 16.2 Å². The van der Waals surface area contributed by atoms with Gasteiger partial charge >= 0.3 is 5.97 Å². The molecule has 2 heterocycles. The molecule has 0 aliphatic carbocycles. The quantitative estimate of drug-likeness (QED) is 0.490. The van der Waals surface area contributed by atoms with Gasteiger partial charge in [-0.3, -0.25) is 14.5 Å². The molecule has 0 aromatic heterocycles. The van der Waals surface area contributed by atoms with E-state index in [0.29, 0.717) is 13.1 Å². The van der Waals surface area contributed by atoms with E-state index in [1.54, 1.807) is 0 Å². The Kier molecular flexibility index (Phi) is 3.12. The van der Waals surface area contributed by atoms with Crippen LogP contribution in [0.1, 0.15) is 6.42 Å². The van der Waals surface area contributed by atoms with Crippen LogP contribution in [0.4, 0.5) is 0 Å². The molecule has 0 saturated carbocycles. The highest BCUT2D eigenvalue weighted by Crippen LogP contribution is 2.31. The van der Waals surface area contributed by atoms with E-state index in [2.05, 4.69) is 5.32 Å². The predicted octanol–water partition coefficient (Wildman–Crippen LogP) is -2.01. The van der Waals surface area contributed by atoms with Crippen LogP contribution in [0.15, 0.2) is 0 Å². The Hall–Kier alpha value is -1.47. The van der Waals surface area contributed by atoms with Crippen molar-refractivity contribution in [1.82, 2.24) is 10.2 Å². The van der Waals surface area contributed by atoms with Gasteiger partial charge in [0.05, 0.1) is 11.8 Å². The molecule has 0 aromatic rings. The SMILES string of the molecule is NCC[C@@H](C(=O)O)N1C(=O)[C@H]2CNC[C@H]2C1=O. The standard InChI is InChI=1S/C10H15N3O4/c11-2-1-7(10(16)17)13-8(14)5-3-12-4-6(5)9(13)15/h5-7,12H,1-4,11H2,(H,16,17)/t5-,6+,7-/m0/s1. The molecule has 7 nitrogen and oxygen atoms in total. The summed E-state index contributed by atoms with van der Waals surface area (Å²) in [4.78, 5) is 35.9. The number of imide groups is 1. The molecular weight excluding hydrogens is 226 g/mol. The van der Waals surface area contributed by atoms with Crippen LogP contribution in [-0.4, -0.2) is 53.5 Å². The van der Waals surface area contributed by atoms with Crippen LogP contribution in [-0.2, 0) is 14.4 Å². The number of nitrogens with two attached hydrogens (primary N) is 1. The van der Waals surface area contributed by atoms with E-state index in [9.17, 15) is 14.4 Å². The molecule has 2 rings (SSSR count). The molecule has 0 aromatic carbocycles. The average Bonchev–Trinajstić information content (AvgIpc) is 2.82. The molecule has 2 fully saturated rings. The van der Waals surface area contributed by atoms with Gasteiger partial charge in [-0.15, -0.1) is 0 Å².